The Morgan fingerprint density at radius 2 is 1.72 bits per heavy atom. The van der Waals surface area contributed by atoms with Crippen LogP contribution >= 0.6 is 0 Å². The first kappa shape index (κ1) is 21.3. The summed E-state index contributed by atoms with van der Waals surface area (Å²) in [4.78, 5) is 14.7. The summed E-state index contributed by atoms with van der Waals surface area (Å²) >= 11 is 0. The molecule has 0 N–H and O–H groups in total. The van der Waals surface area contributed by atoms with E-state index in [4.69, 9.17) is 4.74 Å². The summed E-state index contributed by atoms with van der Waals surface area (Å²) in [7, 11) is -0.281. The van der Waals surface area contributed by atoms with Crippen molar-refractivity contribution >= 4 is 15.9 Å². The number of rotatable bonds is 6. The number of carbonyl (C=O) groups excluding carboxylic acids is 1. The van der Waals surface area contributed by atoms with E-state index in [0.29, 0.717) is 25.2 Å². The quantitative estimate of drug-likeness (QED) is 0.723. The maximum absolute atomic E-state index is 13.0. The van der Waals surface area contributed by atoms with Gasteiger partial charge in [0.15, 0.2) is 0 Å². The van der Waals surface area contributed by atoms with Crippen LogP contribution in [0.3, 0.4) is 0 Å². The molecule has 0 aliphatic carbocycles. The summed E-state index contributed by atoms with van der Waals surface area (Å²) in [6.45, 7) is 1.48. The lowest BCUT2D eigenvalue weighted by Crippen LogP contribution is -2.32. The van der Waals surface area contributed by atoms with E-state index >= 15 is 0 Å². The van der Waals surface area contributed by atoms with Gasteiger partial charge in [-0.3, -0.25) is 4.79 Å². The molecule has 29 heavy (non-hydrogen) atoms. The highest BCUT2D eigenvalue weighted by Gasteiger charge is 2.26. The average Bonchev–Trinajstić information content (AvgIpc) is 3.03. The van der Waals surface area contributed by atoms with Crippen LogP contribution in [-0.4, -0.2) is 50.8 Å². The topological polar surface area (TPSA) is 66.9 Å². The van der Waals surface area contributed by atoms with Gasteiger partial charge in [0.1, 0.15) is 5.75 Å². The Hall–Kier alpha value is -2.38. The van der Waals surface area contributed by atoms with Crippen LogP contribution in [-0.2, 0) is 16.6 Å². The predicted molar refractivity (Wildman–Crippen MR) is 112 cm³/mol. The molecule has 1 aliphatic rings. The lowest BCUT2D eigenvalue weighted by atomic mass is 10.1. The molecule has 0 saturated carbocycles. The van der Waals surface area contributed by atoms with E-state index in [1.54, 1.807) is 41.6 Å². The minimum Gasteiger partial charge on any atom is -0.497 e. The standard InChI is InChI=1S/C22H28N2O4S/c1-23(17-18-9-7-11-20(15-18)28-2)22(25)19-10-8-12-21(16-19)29(26,27)24-13-5-3-4-6-14-24/h7-12,15-16H,3-6,13-14,17H2,1-2H3. The van der Waals surface area contributed by atoms with Crippen molar-refractivity contribution in [2.75, 3.05) is 27.2 Å². The number of nitrogens with zero attached hydrogens (tertiary/aromatic N) is 2. The smallest absolute Gasteiger partial charge is 0.253 e. The molecule has 1 saturated heterocycles. The average molecular weight is 417 g/mol. The van der Waals surface area contributed by atoms with Gasteiger partial charge in [0.2, 0.25) is 10.0 Å². The molecule has 1 heterocycles. The molecule has 0 spiro atoms. The Kier molecular flexibility index (Phi) is 6.92. The monoisotopic (exact) mass is 416 g/mol. The van der Waals surface area contributed by atoms with Gasteiger partial charge < -0.3 is 9.64 Å². The number of hydrogen-bond acceptors (Lipinski definition) is 4. The first-order valence-corrected chi connectivity index (χ1v) is 11.3. The summed E-state index contributed by atoms with van der Waals surface area (Å²) in [5.41, 5.74) is 1.31. The van der Waals surface area contributed by atoms with Crippen molar-refractivity contribution in [3.63, 3.8) is 0 Å². The maximum Gasteiger partial charge on any atom is 0.253 e. The molecule has 2 aromatic rings. The van der Waals surface area contributed by atoms with Gasteiger partial charge in [-0.05, 0) is 48.7 Å². The fourth-order valence-electron chi connectivity index (χ4n) is 3.56. The van der Waals surface area contributed by atoms with E-state index in [1.807, 2.05) is 24.3 Å². The Balaban J connectivity index is 1.77. The number of carbonyl (C=O) groups is 1. The van der Waals surface area contributed by atoms with E-state index in [2.05, 4.69) is 0 Å². The Morgan fingerprint density at radius 3 is 2.41 bits per heavy atom. The van der Waals surface area contributed by atoms with Gasteiger partial charge in [-0.2, -0.15) is 4.31 Å². The fraction of sp³-hybridized carbons (Fsp3) is 0.409. The second-order valence-electron chi connectivity index (χ2n) is 7.36. The summed E-state index contributed by atoms with van der Waals surface area (Å²) in [5, 5.41) is 0. The van der Waals surface area contributed by atoms with E-state index in [1.165, 1.54) is 6.07 Å². The van der Waals surface area contributed by atoms with Gasteiger partial charge in [-0.25, -0.2) is 8.42 Å². The predicted octanol–water partition coefficient (Wildman–Crippen LogP) is 3.53. The zero-order valence-electron chi connectivity index (χ0n) is 17.0. The second-order valence-corrected chi connectivity index (χ2v) is 9.30. The van der Waals surface area contributed by atoms with E-state index < -0.39 is 10.0 Å². The lowest BCUT2D eigenvalue weighted by molar-refractivity contribution is 0.0784. The number of hydrogen-bond donors (Lipinski definition) is 0. The molecule has 0 radical (unpaired) electrons. The summed E-state index contributed by atoms with van der Waals surface area (Å²) in [5.74, 6) is 0.509. The molecule has 156 valence electrons. The Morgan fingerprint density at radius 1 is 1.03 bits per heavy atom. The summed E-state index contributed by atoms with van der Waals surface area (Å²) < 4.78 is 32.8. The van der Waals surface area contributed by atoms with Crippen molar-refractivity contribution in [1.29, 1.82) is 0 Å². The minimum absolute atomic E-state index is 0.181. The van der Waals surface area contributed by atoms with Crippen molar-refractivity contribution in [1.82, 2.24) is 9.21 Å². The van der Waals surface area contributed by atoms with Crippen molar-refractivity contribution in [2.45, 2.75) is 37.1 Å². The fourth-order valence-corrected chi connectivity index (χ4v) is 5.12. The van der Waals surface area contributed by atoms with E-state index in [9.17, 15) is 13.2 Å². The van der Waals surface area contributed by atoms with Gasteiger partial charge in [-0.15, -0.1) is 0 Å². The first-order chi connectivity index (χ1) is 13.9. The molecule has 0 unspecified atom stereocenters. The normalized spacial score (nSPS) is 15.5. The lowest BCUT2D eigenvalue weighted by Gasteiger charge is -2.21. The third kappa shape index (κ3) is 5.16. The van der Waals surface area contributed by atoms with Crippen LogP contribution in [0, 0.1) is 0 Å². The van der Waals surface area contributed by atoms with E-state index in [-0.39, 0.29) is 10.8 Å². The van der Waals surface area contributed by atoms with Gasteiger partial charge in [0.25, 0.3) is 5.91 Å². The van der Waals surface area contributed by atoms with Crippen LogP contribution in [0.5, 0.6) is 5.75 Å². The van der Waals surface area contributed by atoms with Crippen molar-refractivity contribution in [2.24, 2.45) is 0 Å². The number of benzene rings is 2. The van der Waals surface area contributed by atoms with Crippen LogP contribution in [0.2, 0.25) is 0 Å². The SMILES string of the molecule is COc1cccc(CN(C)C(=O)c2cccc(S(=O)(=O)N3CCCCCC3)c2)c1. The molecule has 1 fully saturated rings. The molecular formula is C22H28N2O4S. The minimum atomic E-state index is -3.59. The molecule has 6 nitrogen and oxygen atoms in total. The van der Waals surface area contributed by atoms with Crippen LogP contribution in [0.4, 0.5) is 0 Å². The number of sulfonamides is 1. The third-order valence-electron chi connectivity index (χ3n) is 5.18. The summed E-state index contributed by atoms with van der Waals surface area (Å²) in [6.07, 6.45) is 3.86. The summed E-state index contributed by atoms with van der Waals surface area (Å²) in [6, 6.07) is 13.9. The molecule has 0 aromatic heterocycles. The van der Waals surface area contributed by atoms with Gasteiger partial charge in [0, 0.05) is 32.2 Å². The molecule has 7 heteroatoms. The molecule has 1 amide bonds. The molecular weight excluding hydrogens is 388 g/mol. The molecule has 3 rings (SSSR count). The van der Waals surface area contributed by atoms with Crippen LogP contribution in [0.15, 0.2) is 53.4 Å². The van der Waals surface area contributed by atoms with Crippen LogP contribution < -0.4 is 4.74 Å². The number of methoxy groups -OCH3 is 1. The highest BCUT2D eigenvalue weighted by atomic mass is 32.2. The Labute approximate surface area is 173 Å². The van der Waals surface area contributed by atoms with Crippen molar-refractivity contribution < 1.29 is 17.9 Å². The molecule has 2 aromatic carbocycles. The largest absolute Gasteiger partial charge is 0.497 e. The van der Waals surface area contributed by atoms with E-state index in [0.717, 1.165) is 37.0 Å². The number of amides is 1. The molecule has 0 bridgehead atoms. The zero-order chi connectivity index (χ0) is 20.9. The van der Waals surface area contributed by atoms with Crippen molar-refractivity contribution in [3.8, 4) is 5.75 Å². The highest BCUT2D eigenvalue weighted by Crippen LogP contribution is 2.22. The molecule has 1 aliphatic heterocycles. The third-order valence-corrected chi connectivity index (χ3v) is 7.08. The van der Waals surface area contributed by atoms with Gasteiger partial charge >= 0.3 is 0 Å². The van der Waals surface area contributed by atoms with Gasteiger partial charge in [-0.1, -0.05) is 31.0 Å². The highest BCUT2D eigenvalue weighted by molar-refractivity contribution is 7.89. The van der Waals surface area contributed by atoms with Gasteiger partial charge in [0.05, 0.1) is 12.0 Å². The maximum atomic E-state index is 13.0. The van der Waals surface area contributed by atoms with Crippen LogP contribution in [0.1, 0.15) is 41.6 Å². The van der Waals surface area contributed by atoms with Crippen molar-refractivity contribution in [3.05, 3.63) is 59.7 Å². The zero-order valence-corrected chi connectivity index (χ0v) is 17.8. The molecule has 0 atom stereocenters. The second kappa shape index (κ2) is 9.41. The Bertz CT molecular complexity index is 951. The van der Waals surface area contributed by atoms with Crippen LogP contribution in [0.25, 0.3) is 0 Å². The first-order valence-electron chi connectivity index (χ1n) is 9.90. The number of ether oxygens (including phenoxy) is 1.